The second kappa shape index (κ2) is 8.38. The molecule has 0 bridgehead atoms. The van der Waals surface area contributed by atoms with Crippen LogP contribution in [0.1, 0.15) is 32.3 Å². The first kappa shape index (κ1) is 19.3. The van der Waals surface area contributed by atoms with Crippen molar-refractivity contribution in [1.82, 2.24) is 10.2 Å². The molecule has 1 aromatic rings. The summed E-state index contributed by atoms with van der Waals surface area (Å²) >= 11 is 1.54. The van der Waals surface area contributed by atoms with E-state index in [-0.39, 0.29) is 18.4 Å². The van der Waals surface area contributed by atoms with Gasteiger partial charge < -0.3 is 15.3 Å². The van der Waals surface area contributed by atoms with E-state index in [1.54, 1.807) is 36.1 Å². The van der Waals surface area contributed by atoms with E-state index >= 15 is 0 Å². The van der Waals surface area contributed by atoms with E-state index in [2.05, 4.69) is 5.32 Å². The lowest BCUT2D eigenvalue weighted by Crippen LogP contribution is -2.51. The van der Waals surface area contributed by atoms with Crippen LogP contribution in [0.4, 0.5) is 0 Å². The van der Waals surface area contributed by atoms with Crippen LogP contribution in [0.25, 0.3) is 0 Å². The summed E-state index contributed by atoms with van der Waals surface area (Å²) in [6, 6.07) is 8.31. The summed E-state index contributed by atoms with van der Waals surface area (Å²) in [5.74, 6) is -0.282. The van der Waals surface area contributed by atoms with Gasteiger partial charge in [-0.15, -0.1) is 11.8 Å². The van der Waals surface area contributed by atoms with Crippen molar-refractivity contribution in [3.05, 3.63) is 35.9 Å². The smallest absolute Gasteiger partial charge is 0.315 e. The first-order valence-electron chi connectivity index (χ1n) is 8.34. The fourth-order valence-electron chi connectivity index (χ4n) is 2.75. The lowest BCUT2D eigenvalue weighted by molar-refractivity contribution is -0.144. The predicted octanol–water partition coefficient (Wildman–Crippen LogP) is 1.85. The molecule has 6 nitrogen and oxygen atoms in total. The Labute approximate surface area is 152 Å². The van der Waals surface area contributed by atoms with Gasteiger partial charge in [-0.05, 0) is 18.9 Å². The zero-order valence-corrected chi connectivity index (χ0v) is 15.3. The molecule has 0 radical (unpaired) electrons. The average molecular weight is 364 g/mol. The fourth-order valence-corrected chi connectivity index (χ4v) is 3.93. The Kier molecular flexibility index (Phi) is 6.47. The van der Waals surface area contributed by atoms with Crippen LogP contribution in [0, 0.1) is 0 Å². The Morgan fingerprint density at radius 1 is 1.32 bits per heavy atom. The number of hydrogen-bond acceptors (Lipinski definition) is 4. The molecule has 1 fully saturated rings. The highest BCUT2D eigenvalue weighted by atomic mass is 32.2. The minimum atomic E-state index is -1.22. The number of carboxylic acids is 1. The number of nitrogens with one attached hydrogen (secondary N) is 1. The van der Waals surface area contributed by atoms with Crippen molar-refractivity contribution in [2.45, 2.75) is 38.1 Å². The predicted molar refractivity (Wildman–Crippen MR) is 97.3 cm³/mol. The molecule has 1 aliphatic heterocycles. The number of rotatable bonds is 7. The largest absolute Gasteiger partial charge is 0.481 e. The molecule has 0 aromatic heterocycles. The van der Waals surface area contributed by atoms with Gasteiger partial charge in [0.05, 0.1) is 5.88 Å². The van der Waals surface area contributed by atoms with Gasteiger partial charge >= 0.3 is 5.97 Å². The van der Waals surface area contributed by atoms with E-state index in [1.807, 2.05) is 13.0 Å². The third-order valence-corrected chi connectivity index (χ3v) is 5.48. The SMILES string of the molecule is CCCC(=O)N1CSCC1C(=O)NCC(C)(C(=O)O)c1ccccc1. The molecule has 2 rings (SSSR count). The van der Waals surface area contributed by atoms with Crippen molar-refractivity contribution >= 4 is 29.5 Å². The Bertz CT molecular complexity index is 637. The van der Waals surface area contributed by atoms with Gasteiger partial charge in [0, 0.05) is 18.7 Å². The summed E-state index contributed by atoms with van der Waals surface area (Å²) in [6.07, 6.45) is 1.15. The molecule has 25 heavy (non-hydrogen) atoms. The maximum absolute atomic E-state index is 12.6. The molecule has 0 saturated carbocycles. The van der Waals surface area contributed by atoms with E-state index in [9.17, 15) is 19.5 Å². The third kappa shape index (κ3) is 4.34. The van der Waals surface area contributed by atoms with Gasteiger partial charge in [0.15, 0.2) is 0 Å². The lowest BCUT2D eigenvalue weighted by atomic mass is 9.82. The molecule has 1 aliphatic rings. The molecule has 1 heterocycles. The minimum Gasteiger partial charge on any atom is -0.481 e. The molecule has 7 heteroatoms. The molecule has 0 spiro atoms. The van der Waals surface area contributed by atoms with Gasteiger partial charge in [0.25, 0.3) is 0 Å². The number of hydrogen-bond donors (Lipinski definition) is 2. The van der Waals surface area contributed by atoms with Crippen LogP contribution in [0.15, 0.2) is 30.3 Å². The Morgan fingerprint density at radius 3 is 2.60 bits per heavy atom. The van der Waals surface area contributed by atoms with Crippen molar-refractivity contribution in [3.8, 4) is 0 Å². The van der Waals surface area contributed by atoms with Gasteiger partial charge in [-0.25, -0.2) is 0 Å². The summed E-state index contributed by atoms with van der Waals surface area (Å²) in [4.78, 5) is 38.1. The quantitative estimate of drug-likeness (QED) is 0.771. The minimum absolute atomic E-state index is 0.0256. The topological polar surface area (TPSA) is 86.7 Å². The Balaban J connectivity index is 2.06. The van der Waals surface area contributed by atoms with Gasteiger partial charge in [0.1, 0.15) is 11.5 Å². The van der Waals surface area contributed by atoms with E-state index in [1.165, 1.54) is 11.8 Å². The second-order valence-corrected chi connectivity index (χ2v) is 7.35. The molecule has 2 unspecified atom stereocenters. The van der Waals surface area contributed by atoms with Gasteiger partial charge in [-0.3, -0.25) is 14.4 Å². The fraction of sp³-hybridized carbons (Fsp3) is 0.500. The van der Waals surface area contributed by atoms with Gasteiger partial charge in [-0.1, -0.05) is 37.3 Å². The maximum Gasteiger partial charge on any atom is 0.315 e. The molecule has 2 N–H and O–H groups in total. The summed E-state index contributed by atoms with van der Waals surface area (Å²) < 4.78 is 0. The number of nitrogens with zero attached hydrogens (tertiary/aromatic N) is 1. The number of amides is 2. The van der Waals surface area contributed by atoms with E-state index < -0.39 is 17.4 Å². The molecular formula is C18H24N2O4S. The highest BCUT2D eigenvalue weighted by Gasteiger charge is 2.38. The average Bonchev–Trinajstić information content (AvgIpc) is 3.10. The van der Waals surface area contributed by atoms with E-state index in [0.717, 1.165) is 6.42 Å². The van der Waals surface area contributed by atoms with Crippen LogP contribution in [-0.4, -0.2) is 52.0 Å². The van der Waals surface area contributed by atoms with Gasteiger partial charge in [0.2, 0.25) is 11.8 Å². The van der Waals surface area contributed by atoms with E-state index in [4.69, 9.17) is 0 Å². The first-order chi connectivity index (χ1) is 11.9. The highest BCUT2D eigenvalue weighted by Crippen LogP contribution is 2.25. The molecule has 0 aliphatic carbocycles. The number of benzene rings is 1. The van der Waals surface area contributed by atoms with Gasteiger partial charge in [-0.2, -0.15) is 0 Å². The Hall–Kier alpha value is -2.02. The molecule has 2 amide bonds. The summed E-state index contributed by atoms with van der Waals surface area (Å²) in [7, 11) is 0. The second-order valence-electron chi connectivity index (χ2n) is 6.35. The molecule has 2 atom stereocenters. The standard InChI is InChI=1S/C18H24N2O4S/c1-3-7-15(21)20-12-25-10-14(20)16(22)19-11-18(2,17(23)24)13-8-5-4-6-9-13/h4-6,8-9,14H,3,7,10-12H2,1-2H3,(H,19,22)(H,23,24). The third-order valence-electron chi connectivity index (χ3n) is 4.47. The number of thioether (sulfide) groups is 1. The normalized spacial score (nSPS) is 19.3. The van der Waals surface area contributed by atoms with E-state index in [0.29, 0.717) is 23.6 Å². The molecule has 136 valence electrons. The maximum atomic E-state index is 12.6. The summed E-state index contributed by atoms with van der Waals surface area (Å²) in [5.41, 5.74) is -0.594. The zero-order valence-electron chi connectivity index (χ0n) is 14.5. The van der Waals surface area contributed by atoms with Crippen molar-refractivity contribution in [2.75, 3.05) is 18.2 Å². The lowest BCUT2D eigenvalue weighted by Gasteiger charge is -2.28. The summed E-state index contributed by atoms with van der Waals surface area (Å²) in [6.45, 7) is 3.49. The monoisotopic (exact) mass is 364 g/mol. The van der Waals surface area contributed by atoms with Crippen molar-refractivity contribution in [3.63, 3.8) is 0 Å². The number of carbonyl (C=O) groups is 3. The first-order valence-corrected chi connectivity index (χ1v) is 9.49. The van der Waals surface area contributed by atoms with Crippen molar-refractivity contribution in [1.29, 1.82) is 0 Å². The summed E-state index contributed by atoms with van der Waals surface area (Å²) in [5, 5.41) is 12.4. The van der Waals surface area contributed by atoms with Crippen LogP contribution < -0.4 is 5.32 Å². The zero-order chi connectivity index (χ0) is 18.4. The molecule has 1 saturated heterocycles. The Morgan fingerprint density at radius 2 is 2.00 bits per heavy atom. The van der Waals surface area contributed by atoms with Crippen LogP contribution >= 0.6 is 11.8 Å². The number of aliphatic carboxylic acids is 1. The highest BCUT2D eigenvalue weighted by molar-refractivity contribution is 7.99. The molecule has 1 aromatic carbocycles. The van der Waals surface area contributed by atoms with Crippen molar-refractivity contribution in [2.24, 2.45) is 0 Å². The number of carbonyl (C=O) groups excluding carboxylic acids is 2. The van der Waals surface area contributed by atoms with Crippen molar-refractivity contribution < 1.29 is 19.5 Å². The van der Waals surface area contributed by atoms with Crippen LogP contribution in [0.3, 0.4) is 0 Å². The van der Waals surface area contributed by atoms with Crippen LogP contribution in [-0.2, 0) is 19.8 Å². The van der Waals surface area contributed by atoms with Crippen LogP contribution in [0.2, 0.25) is 0 Å². The van der Waals surface area contributed by atoms with Crippen LogP contribution in [0.5, 0.6) is 0 Å². The molecular weight excluding hydrogens is 340 g/mol. The number of carboxylic acid groups (broad SMARTS) is 1.